The summed E-state index contributed by atoms with van der Waals surface area (Å²) in [6.45, 7) is 0.153. The molecular weight excluding hydrogens is 339 g/mol. The number of pyridine rings is 1. The first kappa shape index (κ1) is 16.9. The van der Waals surface area contributed by atoms with E-state index in [1.165, 1.54) is 6.21 Å². The predicted octanol–water partition coefficient (Wildman–Crippen LogP) is 2.15. The molecule has 0 fully saturated rings. The highest BCUT2D eigenvalue weighted by Gasteiger charge is 2.12. The van der Waals surface area contributed by atoms with Crippen LogP contribution in [-0.4, -0.2) is 23.0 Å². The summed E-state index contributed by atoms with van der Waals surface area (Å²) in [6.07, 6.45) is 2.92. The molecule has 0 aliphatic rings. The fourth-order valence-corrected chi connectivity index (χ4v) is 2.03. The summed E-state index contributed by atoms with van der Waals surface area (Å²) in [4.78, 5) is 27.2. The van der Waals surface area contributed by atoms with Gasteiger partial charge < -0.3 is 5.32 Å². The number of nitrogens with one attached hydrogen (secondary N) is 2. The van der Waals surface area contributed by atoms with Crippen molar-refractivity contribution in [1.82, 2.24) is 15.7 Å². The lowest BCUT2D eigenvalue weighted by atomic mass is 10.2. The molecule has 0 aliphatic heterocycles. The molecule has 0 unspecified atom stereocenters. The average Bonchev–Trinajstić information content (AvgIpc) is 2.55. The molecule has 0 bridgehead atoms. The van der Waals surface area contributed by atoms with Crippen LogP contribution in [0.1, 0.15) is 11.3 Å². The molecule has 8 heteroatoms. The number of hydrogen-bond acceptors (Lipinski definition) is 4. The number of benzene rings is 1. The number of hydrogen-bond donors (Lipinski definition) is 2. The molecule has 0 spiro atoms. The maximum absolute atomic E-state index is 11.6. The van der Waals surface area contributed by atoms with Gasteiger partial charge in [0.25, 0.3) is 0 Å². The molecule has 2 N–H and O–H groups in total. The van der Waals surface area contributed by atoms with Gasteiger partial charge in [0.05, 0.1) is 23.5 Å². The second-order valence-electron chi connectivity index (χ2n) is 4.37. The molecular formula is C15H12Cl2N4O2. The first-order chi connectivity index (χ1) is 11.1. The number of carbonyl (C=O) groups is 2. The lowest BCUT2D eigenvalue weighted by molar-refractivity contribution is -0.139. The normalized spacial score (nSPS) is 10.5. The van der Waals surface area contributed by atoms with Crippen molar-refractivity contribution in [3.8, 4) is 0 Å². The summed E-state index contributed by atoms with van der Waals surface area (Å²) in [5.74, 6) is -1.70. The fraction of sp³-hybridized carbons (Fsp3) is 0.0667. The van der Waals surface area contributed by atoms with Gasteiger partial charge in [0.15, 0.2) is 0 Å². The summed E-state index contributed by atoms with van der Waals surface area (Å²) in [6, 6.07) is 10.1. The van der Waals surface area contributed by atoms with Crippen LogP contribution in [0, 0.1) is 0 Å². The number of carbonyl (C=O) groups excluding carboxylic acids is 2. The van der Waals surface area contributed by atoms with E-state index in [2.05, 4.69) is 20.8 Å². The Hall–Kier alpha value is -2.44. The van der Waals surface area contributed by atoms with Crippen LogP contribution < -0.4 is 10.7 Å². The van der Waals surface area contributed by atoms with Crippen LogP contribution in [0.25, 0.3) is 0 Å². The Morgan fingerprint density at radius 2 is 2.00 bits per heavy atom. The molecule has 2 aromatic rings. The number of rotatable bonds is 4. The van der Waals surface area contributed by atoms with Crippen LogP contribution in [-0.2, 0) is 16.1 Å². The zero-order valence-electron chi connectivity index (χ0n) is 11.8. The maximum atomic E-state index is 11.6. The van der Waals surface area contributed by atoms with Gasteiger partial charge in [-0.2, -0.15) is 5.10 Å². The first-order valence-corrected chi connectivity index (χ1v) is 7.28. The summed E-state index contributed by atoms with van der Waals surface area (Å²) in [7, 11) is 0. The Bertz CT molecular complexity index is 736. The molecule has 0 saturated heterocycles. The van der Waals surface area contributed by atoms with E-state index < -0.39 is 11.8 Å². The van der Waals surface area contributed by atoms with Gasteiger partial charge in [-0.3, -0.25) is 14.6 Å². The van der Waals surface area contributed by atoms with Crippen LogP contribution in [0.3, 0.4) is 0 Å². The van der Waals surface area contributed by atoms with Crippen molar-refractivity contribution < 1.29 is 9.59 Å². The second-order valence-corrected chi connectivity index (χ2v) is 5.21. The third kappa shape index (κ3) is 5.36. The van der Waals surface area contributed by atoms with Gasteiger partial charge in [-0.15, -0.1) is 0 Å². The summed E-state index contributed by atoms with van der Waals surface area (Å²) in [5.41, 5.74) is 3.32. The Balaban J connectivity index is 1.84. The van der Waals surface area contributed by atoms with Crippen LogP contribution >= 0.6 is 23.2 Å². The summed E-state index contributed by atoms with van der Waals surface area (Å²) < 4.78 is 0. The van der Waals surface area contributed by atoms with Gasteiger partial charge in [-0.1, -0.05) is 35.3 Å². The smallest absolute Gasteiger partial charge is 0.329 e. The zero-order chi connectivity index (χ0) is 16.7. The highest BCUT2D eigenvalue weighted by molar-refractivity contribution is 6.36. The SMILES string of the molecule is O=C(NCc1ccccn1)C(=O)NN=Cc1ccc(Cl)cc1Cl. The van der Waals surface area contributed by atoms with Crippen LogP contribution in [0.5, 0.6) is 0 Å². The lowest BCUT2D eigenvalue weighted by Crippen LogP contribution is -2.37. The van der Waals surface area contributed by atoms with E-state index in [1.54, 1.807) is 42.6 Å². The van der Waals surface area contributed by atoms with Gasteiger partial charge in [0, 0.05) is 16.8 Å². The Morgan fingerprint density at radius 1 is 1.17 bits per heavy atom. The standard InChI is InChI=1S/C15H12Cl2N4O2/c16-11-5-4-10(13(17)7-11)8-20-21-15(23)14(22)19-9-12-3-1-2-6-18-12/h1-8H,9H2,(H,19,22)(H,21,23). The largest absolute Gasteiger partial charge is 0.342 e. The second kappa shape index (κ2) is 8.26. The minimum Gasteiger partial charge on any atom is -0.342 e. The van der Waals surface area contributed by atoms with Crippen molar-refractivity contribution in [2.75, 3.05) is 0 Å². The van der Waals surface area contributed by atoms with Crippen molar-refractivity contribution in [2.24, 2.45) is 5.10 Å². The van der Waals surface area contributed by atoms with E-state index in [0.717, 1.165) is 0 Å². The molecule has 1 heterocycles. The average molecular weight is 351 g/mol. The van der Waals surface area contributed by atoms with Crippen LogP contribution in [0.4, 0.5) is 0 Å². The van der Waals surface area contributed by atoms with E-state index in [-0.39, 0.29) is 6.54 Å². The van der Waals surface area contributed by atoms with Crippen molar-refractivity contribution in [2.45, 2.75) is 6.54 Å². The molecule has 2 rings (SSSR count). The molecule has 0 aliphatic carbocycles. The molecule has 2 amide bonds. The molecule has 1 aromatic carbocycles. The number of aromatic nitrogens is 1. The Labute approximate surface area is 142 Å². The summed E-state index contributed by atoms with van der Waals surface area (Å²) in [5, 5.41) is 6.99. The monoisotopic (exact) mass is 350 g/mol. The fourth-order valence-electron chi connectivity index (χ4n) is 1.57. The molecule has 23 heavy (non-hydrogen) atoms. The Morgan fingerprint density at radius 3 is 2.70 bits per heavy atom. The number of nitrogens with zero attached hydrogens (tertiary/aromatic N) is 2. The molecule has 0 radical (unpaired) electrons. The molecule has 0 atom stereocenters. The van der Waals surface area contributed by atoms with Gasteiger partial charge in [-0.05, 0) is 24.3 Å². The van der Waals surface area contributed by atoms with Crippen molar-refractivity contribution in [3.63, 3.8) is 0 Å². The zero-order valence-corrected chi connectivity index (χ0v) is 13.3. The maximum Gasteiger partial charge on any atom is 0.329 e. The van der Waals surface area contributed by atoms with Gasteiger partial charge in [0.1, 0.15) is 0 Å². The van der Waals surface area contributed by atoms with E-state index in [1.807, 2.05) is 0 Å². The quantitative estimate of drug-likeness (QED) is 0.503. The van der Waals surface area contributed by atoms with E-state index in [9.17, 15) is 9.59 Å². The summed E-state index contributed by atoms with van der Waals surface area (Å²) >= 11 is 11.7. The number of halogens is 2. The van der Waals surface area contributed by atoms with Crippen molar-refractivity contribution in [1.29, 1.82) is 0 Å². The van der Waals surface area contributed by atoms with Gasteiger partial charge >= 0.3 is 11.8 Å². The molecule has 1 aromatic heterocycles. The predicted molar refractivity (Wildman–Crippen MR) is 88.3 cm³/mol. The molecule has 118 valence electrons. The molecule has 0 saturated carbocycles. The van der Waals surface area contributed by atoms with Crippen LogP contribution in [0.2, 0.25) is 10.0 Å². The van der Waals surface area contributed by atoms with Gasteiger partial charge in [0.2, 0.25) is 0 Å². The lowest BCUT2D eigenvalue weighted by Gasteiger charge is -2.03. The Kier molecular flexibility index (Phi) is 6.08. The van der Waals surface area contributed by atoms with E-state index in [0.29, 0.717) is 21.3 Å². The molecule has 6 nitrogen and oxygen atoms in total. The van der Waals surface area contributed by atoms with Crippen LogP contribution in [0.15, 0.2) is 47.7 Å². The van der Waals surface area contributed by atoms with Crippen molar-refractivity contribution >= 4 is 41.2 Å². The van der Waals surface area contributed by atoms with E-state index >= 15 is 0 Å². The minimum atomic E-state index is -0.887. The third-order valence-electron chi connectivity index (χ3n) is 2.69. The number of amides is 2. The minimum absolute atomic E-state index is 0.153. The highest BCUT2D eigenvalue weighted by atomic mass is 35.5. The van der Waals surface area contributed by atoms with E-state index in [4.69, 9.17) is 23.2 Å². The first-order valence-electron chi connectivity index (χ1n) is 6.52. The van der Waals surface area contributed by atoms with Gasteiger partial charge in [-0.25, -0.2) is 5.43 Å². The third-order valence-corrected chi connectivity index (χ3v) is 3.26. The highest BCUT2D eigenvalue weighted by Crippen LogP contribution is 2.19. The topological polar surface area (TPSA) is 83.5 Å². The number of hydrazone groups is 1. The van der Waals surface area contributed by atoms with Crippen molar-refractivity contribution in [3.05, 3.63) is 63.9 Å².